The smallest absolute Gasteiger partial charge is 0.407 e. The van der Waals surface area contributed by atoms with Gasteiger partial charge in [-0.05, 0) is 26.2 Å². The zero-order valence-electron chi connectivity index (χ0n) is 14.6. The van der Waals surface area contributed by atoms with E-state index in [4.69, 9.17) is 9.47 Å². The summed E-state index contributed by atoms with van der Waals surface area (Å²) in [6.07, 6.45) is 0.483. The maximum Gasteiger partial charge on any atom is 0.407 e. The summed E-state index contributed by atoms with van der Waals surface area (Å²) in [6, 6.07) is -0.00973. The summed E-state index contributed by atoms with van der Waals surface area (Å²) in [5.74, 6) is 1.17. The molecule has 0 rings (SSSR count). The molecule has 22 heavy (non-hydrogen) atoms. The number of nitrogens with one attached hydrogen (secondary N) is 3. The Labute approximate surface area is 134 Å². The molecule has 0 aliphatic rings. The van der Waals surface area contributed by atoms with Gasteiger partial charge < -0.3 is 25.4 Å². The van der Waals surface area contributed by atoms with Crippen molar-refractivity contribution in [2.75, 3.05) is 40.0 Å². The molecule has 7 heteroatoms. The highest BCUT2D eigenvalue weighted by Crippen LogP contribution is 2.04. The highest BCUT2D eigenvalue weighted by molar-refractivity contribution is 5.79. The number of hydrogen-bond donors (Lipinski definition) is 3. The van der Waals surface area contributed by atoms with Gasteiger partial charge in [-0.1, -0.05) is 13.8 Å². The van der Waals surface area contributed by atoms with Gasteiger partial charge in [-0.25, -0.2) is 4.79 Å². The molecule has 3 N–H and O–H groups in total. The first-order valence-corrected chi connectivity index (χ1v) is 7.98. The summed E-state index contributed by atoms with van der Waals surface area (Å²) in [6.45, 7) is 11.0. The maximum atomic E-state index is 11.6. The number of rotatable bonds is 10. The quantitative estimate of drug-likeness (QED) is 0.322. The van der Waals surface area contributed by atoms with E-state index >= 15 is 0 Å². The van der Waals surface area contributed by atoms with Crippen LogP contribution in [-0.2, 0) is 9.47 Å². The molecule has 0 saturated heterocycles. The molecule has 0 radical (unpaired) electrons. The average molecular weight is 316 g/mol. The lowest BCUT2D eigenvalue weighted by Gasteiger charge is -2.22. The van der Waals surface area contributed by atoms with Crippen LogP contribution in [0.3, 0.4) is 0 Å². The molecule has 0 aliphatic carbocycles. The van der Waals surface area contributed by atoms with Gasteiger partial charge in [0, 0.05) is 32.8 Å². The Balaban J connectivity index is 4.24. The lowest BCUT2D eigenvalue weighted by Crippen LogP contribution is -2.48. The lowest BCUT2D eigenvalue weighted by atomic mass is 10.0. The van der Waals surface area contributed by atoms with Crippen molar-refractivity contribution >= 4 is 12.1 Å². The van der Waals surface area contributed by atoms with Gasteiger partial charge in [0.2, 0.25) is 0 Å². The molecule has 0 aromatic heterocycles. The van der Waals surface area contributed by atoms with Crippen LogP contribution in [0, 0.1) is 5.92 Å². The van der Waals surface area contributed by atoms with Crippen molar-refractivity contribution in [1.82, 2.24) is 16.0 Å². The van der Waals surface area contributed by atoms with E-state index in [0.717, 1.165) is 6.42 Å². The summed E-state index contributed by atoms with van der Waals surface area (Å²) in [5, 5.41) is 9.25. The van der Waals surface area contributed by atoms with E-state index in [2.05, 4.69) is 34.8 Å². The molecule has 1 unspecified atom stereocenters. The Bertz CT molecular complexity index is 322. The van der Waals surface area contributed by atoms with Crippen LogP contribution in [0.1, 0.15) is 34.1 Å². The number of nitrogens with zero attached hydrogens (tertiary/aromatic N) is 1. The van der Waals surface area contributed by atoms with Crippen molar-refractivity contribution in [2.45, 2.75) is 40.2 Å². The molecule has 130 valence electrons. The molecule has 0 aromatic rings. The van der Waals surface area contributed by atoms with Crippen molar-refractivity contribution in [1.29, 1.82) is 0 Å². The Hall–Kier alpha value is -1.50. The van der Waals surface area contributed by atoms with Crippen LogP contribution in [-0.4, -0.2) is 58.1 Å². The van der Waals surface area contributed by atoms with Crippen molar-refractivity contribution in [3.05, 3.63) is 0 Å². The summed E-state index contributed by atoms with van der Waals surface area (Å²) in [4.78, 5) is 15.7. The average Bonchev–Trinajstić information content (AvgIpc) is 2.46. The largest absolute Gasteiger partial charge is 0.450 e. The van der Waals surface area contributed by atoms with E-state index in [1.54, 1.807) is 14.0 Å². The van der Waals surface area contributed by atoms with Gasteiger partial charge in [-0.15, -0.1) is 0 Å². The highest BCUT2D eigenvalue weighted by Gasteiger charge is 2.15. The molecular weight excluding hydrogens is 284 g/mol. The zero-order chi connectivity index (χ0) is 16.8. The molecule has 0 heterocycles. The van der Waals surface area contributed by atoms with Crippen LogP contribution in [0.25, 0.3) is 0 Å². The summed E-state index contributed by atoms with van der Waals surface area (Å²) in [7, 11) is 1.71. The van der Waals surface area contributed by atoms with Crippen LogP contribution in [0.15, 0.2) is 4.99 Å². The van der Waals surface area contributed by atoms with E-state index in [0.29, 0.717) is 44.8 Å². The summed E-state index contributed by atoms with van der Waals surface area (Å²) in [5.41, 5.74) is 0. The minimum atomic E-state index is -0.380. The third-order valence-electron chi connectivity index (χ3n) is 2.84. The fraction of sp³-hybridized carbons (Fsp3) is 0.867. The second-order valence-electron chi connectivity index (χ2n) is 5.27. The first-order chi connectivity index (χ1) is 10.5. The predicted octanol–water partition coefficient (Wildman–Crippen LogP) is 1.35. The second-order valence-corrected chi connectivity index (χ2v) is 5.27. The van der Waals surface area contributed by atoms with Gasteiger partial charge in [0.25, 0.3) is 0 Å². The Morgan fingerprint density at radius 2 is 1.91 bits per heavy atom. The van der Waals surface area contributed by atoms with E-state index in [9.17, 15) is 4.79 Å². The highest BCUT2D eigenvalue weighted by atomic mass is 16.5. The van der Waals surface area contributed by atoms with E-state index in [1.807, 2.05) is 6.92 Å². The van der Waals surface area contributed by atoms with Gasteiger partial charge in [0.05, 0.1) is 13.2 Å². The molecule has 0 saturated carbocycles. The molecule has 0 aliphatic heterocycles. The summed E-state index contributed by atoms with van der Waals surface area (Å²) < 4.78 is 10.2. The standard InChI is InChI=1S/C15H32N4O3/c1-6-21-9-8-17-14(16-5)18-11-13(10-12(3)4)19-15(20)22-7-2/h12-13H,6-11H2,1-5H3,(H,19,20)(H2,16,17,18). The minimum absolute atomic E-state index is 0.00973. The van der Waals surface area contributed by atoms with Gasteiger partial charge >= 0.3 is 6.09 Å². The van der Waals surface area contributed by atoms with E-state index < -0.39 is 0 Å². The van der Waals surface area contributed by atoms with Gasteiger partial charge in [0.15, 0.2) is 5.96 Å². The third kappa shape index (κ3) is 11.2. The topological polar surface area (TPSA) is 84.0 Å². The first-order valence-electron chi connectivity index (χ1n) is 7.98. The number of carbonyl (C=O) groups is 1. The van der Waals surface area contributed by atoms with Gasteiger partial charge in [-0.2, -0.15) is 0 Å². The number of ether oxygens (including phenoxy) is 2. The third-order valence-corrected chi connectivity index (χ3v) is 2.84. The van der Waals surface area contributed by atoms with E-state index in [-0.39, 0.29) is 12.1 Å². The van der Waals surface area contributed by atoms with Crippen LogP contribution in [0.2, 0.25) is 0 Å². The Kier molecular flexibility index (Phi) is 12.3. The Morgan fingerprint density at radius 3 is 2.45 bits per heavy atom. The number of guanidine groups is 1. The van der Waals surface area contributed by atoms with Crippen LogP contribution in [0.5, 0.6) is 0 Å². The lowest BCUT2D eigenvalue weighted by molar-refractivity contribution is 0.146. The van der Waals surface area contributed by atoms with E-state index in [1.165, 1.54) is 0 Å². The van der Waals surface area contributed by atoms with Crippen molar-refractivity contribution in [3.63, 3.8) is 0 Å². The molecule has 0 spiro atoms. The SMILES string of the molecule is CCOCCNC(=NC)NCC(CC(C)C)NC(=O)OCC. The fourth-order valence-corrected chi connectivity index (χ4v) is 1.93. The van der Waals surface area contributed by atoms with Crippen molar-refractivity contribution < 1.29 is 14.3 Å². The zero-order valence-corrected chi connectivity index (χ0v) is 14.6. The molecule has 0 bridgehead atoms. The molecule has 7 nitrogen and oxygen atoms in total. The fourth-order valence-electron chi connectivity index (χ4n) is 1.93. The number of aliphatic imine (C=N–C) groups is 1. The first kappa shape index (κ1) is 20.5. The van der Waals surface area contributed by atoms with Crippen LogP contribution >= 0.6 is 0 Å². The molecule has 1 atom stereocenters. The number of hydrogen-bond acceptors (Lipinski definition) is 4. The molecule has 0 fully saturated rings. The summed E-state index contributed by atoms with van der Waals surface area (Å²) >= 11 is 0. The van der Waals surface area contributed by atoms with Crippen molar-refractivity contribution in [2.24, 2.45) is 10.9 Å². The molecule has 0 aromatic carbocycles. The number of amides is 1. The normalized spacial score (nSPS) is 12.9. The number of carbonyl (C=O) groups excluding carboxylic acids is 1. The van der Waals surface area contributed by atoms with Gasteiger partial charge in [0.1, 0.15) is 0 Å². The number of alkyl carbamates (subject to hydrolysis) is 1. The van der Waals surface area contributed by atoms with Crippen LogP contribution < -0.4 is 16.0 Å². The maximum absolute atomic E-state index is 11.6. The predicted molar refractivity (Wildman–Crippen MR) is 89.3 cm³/mol. The molecule has 1 amide bonds. The Morgan fingerprint density at radius 1 is 1.18 bits per heavy atom. The molecular formula is C15H32N4O3. The monoisotopic (exact) mass is 316 g/mol. The van der Waals surface area contributed by atoms with Gasteiger partial charge in [-0.3, -0.25) is 4.99 Å². The second kappa shape index (κ2) is 13.2. The van der Waals surface area contributed by atoms with Crippen LogP contribution in [0.4, 0.5) is 4.79 Å². The van der Waals surface area contributed by atoms with Crippen molar-refractivity contribution in [3.8, 4) is 0 Å². The minimum Gasteiger partial charge on any atom is -0.450 e.